The molecule has 2 unspecified atom stereocenters. The van der Waals surface area contributed by atoms with Crippen molar-refractivity contribution < 1.29 is 9.90 Å². The van der Waals surface area contributed by atoms with Gasteiger partial charge in [0, 0.05) is 12.1 Å². The molecule has 74 valence electrons. The van der Waals surface area contributed by atoms with Crippen molar-refractivity contribution in [1.29, 1.82) is 0 Å². The van der Waals surface area contributed by atoms with Crippen LogP contribution in [0, 0.1) is 5.92 Å². The van der Waals surface area contributed by atoms with Crippen molar-refractivity contribution in [3.8, 4) is 0 Å². The van der Waals surface area contributed by atoms with Crippen LogP contribution < -0.4 is 11.1 Å². The van der Waals surface area contributed by atoms with Gasteiger partial charge in [-0.15, -0.1) is 0 Å². The summed E-state index contributed by atoms with van der Waals surface area (Å²) in [6, 6.07) is 0.383. The first kappa shape index (κ1) is 8.97. The minimum Gasteiger partial charge on any atom is -0.480 e. The van der Waals surface area contributed by atoms with Crippen molar-refractivity contribution in [2.75, 3.05) is 0 Å². The number of hydrogen-bond acceptors (Lipinski definition) is 3. The molecule has 0 aromatic rings. The Bertz CT molecular complexity index is 208. The van der Waals surface area contributed by atoms with Crippen LogP contribution in [0.4, 0.5) is 0 Å². The second kappa shape index (κ2) is 3.27. The van der Waals surface area contributed by atoms with E-state index in [1.807, 2.05) is 0 Å². The van der Waals surface area contributed by atoms with Gasteiger partial charge in [0.1, 0.15) is 6.04 Å². The second-order valence-electron chi connectivity index (χ2n) is 4.23. The van der Waals surface area contributed by atoms with Crippen LogP contribution in [0.1, 0.15) is 25.7 Å². The summed E-state index contributed by atoms with van der Waals surface area (Å²) in [6.45, 7) is 0. The second-order valence-corrected chi connectivity index (χ2v) is 4.23. The van der Waals surface area contributed by atoms with E-state index in [4.69, 9.17) is 10.8 Å². The topological polar surface area (TPSA) is 75.4 Å². The molecule has 2 heterocycles. The van der Waals surface area contributed by atoms with E-state index in [1.165, 1.54) is 12.8 Å². The maximum Gasteiger partial charge on any atom is 0.320 e. The van der Waals surface area contributed by atoms with Crippen LogP contribution in [-0.2, 0) is 4.79 Å². The predicted octanol–water partition coefficient (Wildman–Crippen LogP) is -0.0711. The highest BCUT2D eigenvalue weighted by Crippen LogP contribution is 2.32. The van der Waals surface area contributed by atoms with Gasteiger partial charge in [-0.25, -0.2) is 0 Å². The van der Waals surface area contributed by atoms with Crippen molar-refractivity contribution in [3.63, 3.8) is 0 Å². The smallest absolute Gasteiger partial charge is 0.320 e. The third-order valence-electron chi connectivity index (χ3n) is 3.30. The number of carbonyl (C=O) groups is 1. The minimum atomic E-state index is -0.855. The fourth-order valence-electron chi connectivity index (χ4n) is 2.60. The first-order valence-electron chi connectivity index (χ1n) is 4.91. The zero-order chi connectivity index (χ0) is 9.42. The van der Waals surface area contributed by atoms with E-state index in [-0.39, 0.29) is 5.92 Å². The van der Waals surface area contributed by atoms with Crippen LogP contribution >= 0.6 is 0 Å². The van der Waals surface area contributed by atoms with Gasteiger partial charge in [-0.3, -0.25) is 4.79 Å². The first-order valence-corrected chi connectivity index (χ1v) is 4.91. The Balaban J connectivity index is 1.98. The van der Waals surface area contributed by atoms with Crippen molar-refractivity contribution in [2.45, 2.75) is 43.8 Å². The number of rotatable bonds is 2. The molecule has 2 saturated heterocycles. The Hall–Kier alpha value is -0.610. The van der Waals surface area contributed by atoms with Crippen LogP contribution in [-0.4, -0.2) is 29.2 Å². The lowest BCUT2D eigenvalue weighted by Crippen LogP contribution is -2.47. The molecule has 0 aliphatic carbocycles. The molecule has 2 aliphatic heterocycles. The van der Waals surface area contributed by atoms with Crippen molar-refractivity contribution in [2.24, 2.45) is 11.7 Å². The van der Waals surface area contributed by atoms with Gasteiger partial charge < -0.3 is 16.2 Å². The Morgan fingerprint density at radius 1 is 1.38 bits per heavy atom. The van der Waals surface area contributed by atoms with Crippen LogP contribution in [0.5, 0.6) is 0 Å². The number of nitrogens with one attached hydrogen (secondary N) is 1. The van der Waals surface area contributed by atoms with Crippen LogP contribution in [0.15, 0.2) is 0 Å². The molecule has 13 heavy (non-hydrogen) atoms. The highest BCUT2D eigenvalue weighted by molar-refractivity contribution is 5.73. The molecule has 2 bridgehead atoms. The molecule has 0 saturated carbocycles. The standard InChI is InChI=1S/C9H16N2O2/c10-8(9(12)13)5-3-6-1-2-7(4-5)11-6/h5-8,11H,1-4,10H2,(H,12,13)/t5?,6?,7?,8-/m0/s1. The molecule has 4 heteroatoms. The average molecular weight is 184 g/mol. The zero-order valence-corrected chi connectivity index (χ0v) is 7.57. The van der Waals surface area contributed by atoms with E-state index in [0.29, 0.717) is 12.1 Å². The summed E-state index contributed by atoms with van der Waals surface area (Å²) < 4.78 is 0. The van der Waals surface area contributed by atoms with Gasteiger partial charge in [-0.2, -0.15) is 0 Å². The number of hydrogen-bond donors (Lipinski definition) is 3. The fourth-order valence-corrected chi connectivity index (χ4v) is 2.60. The summed E-state index contributed by atoms with van der Waals surface area (Å²) in [6.07, 6.45) is 4.24. The van der Waals surface area contributed by atoms with Gasteiger partial charge in [-0.1, -0.05) is 0 Å². The van der Waals surface area contributed by atoms with Crippen LogP contribution in [0.25, 0.3) is 0 Å². The number of fused-ring (bicyclic) bond motifs is 2. The summed E-state index contributed by atoms with van der Waals surface area (Å²) in [5, 5.41) is 12.2. The number of carboxylic acid groups (broad SMARTS) is 1. The zero-order valence-electron chi connectivity index (χ0n) is 7.57. The number of nitrogens with two attached hydrogens (primary N) is 1. The normalized spacial score (nSPS) is 40.2. The number of aliphatic carboxylic acids is 1. The van der Waals surface area contributed by atoms with Gasteiger partial charge in [0.15, 0.2) is 0 Å². The van der Waals surface area contributed by atoms with E-state index < -0.39 is 12.0 Å². The molecule has 2 rings (SSSR count). The first-order chi connectivity index (χ1) is 6.16. The fraction of sp³-hybridized carbons (Fsp3) is 0.889. The molecule has 2 fully saturated rings. The van der Waals surface area contributed by atoms with Gasteiger partial charge in [0.05, 0.1) is 0 Å². The summed E-state index contributed by atoms with van der Waals surface area (Å²) >= 11 is 0. The highest BCUT2D eigenvalue weighted by atomic mass is 16.4. The van der Waals surface area contributed by atoms with Gasteiger partial charge in [-0.05, 0) is 31.6 Å². The van der Waals surface area contributed by atoms with Crippen LogP contribution in [0.3, 0.4) is 0 Å². The summed E-state index contributed by atoms with van der Waals surface area (Å²) in [5.41, 5.74) is 5.62. The molecule has 4 nitrogen and oxygen atoms in total. The van der Waals surface area contributed by atoms with Gasteiger partial charge >= 0.3 is 5.97 Å². The van der Waals surface area contributed by atoms with E-state index in [9.17, 15) is 4.79 Å². The molecule has 0 spiro atoms. The van der Waals surface area contributed by atoms with E-state index in [1.54, 1.807) is 0 Å². The SMILES string of the molecule is N[C@H](C(=O)O)C1CC2CCC(C1)N2. The molecule has 0 amide bonds. The predicted molar refractivity (Wildman–Crippen MR) is 48.3 cm³/mol. The minimum absolute atomic E-state index is 0.177. The van der Waals surface area contributed by atoms with E-state index >= 15 is 0 Å². The number of piperidine rings is 1. The Morgan fingerprint density at radius 3 is 2.38 bits per heavy atom. The molecular formula is C9H16N2O2. The molecule has 2 aliphatic rings. The average Bonchev–Trinajstić information content (AvgIpc) is 2.44. The van der Waals surface area contributed by atoms with Crippen molar-refractivity contribution >= 4 is 5.97 Å². The van der Waals surface area contributed by atoms with Gasteiger partial charge in [0.25, 0.3) is 0 Å². The molecule has 0 aromatic carbocycles. The maximum atomic E-state index is 10.7. The summed E-state index contributed by atoms with van der Waals surface area (Å²) in [7, 11) is 0. The van der Waals surface area contributed by atoms with Crippen molar-refractivity contribution in [1.82, 2.24) is 5.32 Å². The lowest BCUT2D eigenvalue weighted by Gasteiger charge is -2.31. The number of carboxylic acids is 1. The Morgan fingerprint density at radius 2 is 1.92 bits per heavy atom. The Labute approximate surface area is 77.5 Å². The lowest BCUT2D eigenvalue weighted by atomic mass is 9.86. The lowest BCUT2D eigenvalue weighted by molar-refractivity contribution is -0.140. The van der Waals surface area contributed by atoms with Crippen LogP contribution in [0.2, 0.25) is 0 Å². The largest absolute Gasteiger partial charge is 0.480 e. The molecule has 0 radical (unpaired) electrons. The Kier molecular flexibility index (Phi) is 2.26. The van der Waals surface area contributed by atoms with Crippen molar-refractivity contribution in [3.05, 3.63) is 0 Å². The highest BCUT2D eigenvalue weighted by Gasteiger charge is 2.37. The third-order valence-corrected chi connectivity index (χ3v) is 3.30. The summed E-state index contributed by atoms with van der Waals surface area (Å²) in [4.78, 5) is 10.7. The quantitative estimate of drug-likeness (QED) is 0.561. The van der Waals surface area contributed by atoms with Gasteiger partial charge in [0.2, 0.25) is 0 Å². The van der Waals surface area contributed by atoms with E-state index in [2.05, 4.69) is 5.32 Å². The van der Waals surface area contributed by atoms with E-state index in [0.717, 1.165) is 12.8 Å². The molecule has 4 N–H and O–H groups in total. The maximum absolute atomic E-state index is 10.7. The molecule has 0 aromatic heterocycles. The summed E-state index contributed by atoms with van der Waals surface area (Å²) in [5.74, 6) is -0.678. The molecular weight excluding hydrogens is 168 g/mol. The third kappa shape index (κ3) is 1.69. The monoisotopic (exact) mass is 184 g/mol. The molecule has 3 atom stereocenters.